The molecule has 0 amide bonds. The van der Waals surface area contributed by atoms with Gasteiger partial charge in [-0.1, -0.05) is 6.08 Å². The first-order valence-corrected chi connectivity index (χ1v) is 3.80. The highest BCUT2D eigenvalue weighted by Gasteiger charge is 2.19. The minimum atomic E-state index is 0.591. The van der Waals surface area contributed by atoms with Crippen LogP contribution in [0.3, 0.4) is 0 Å². The van der Waals surface area contributed by atoms with Crippen LogP contribution in [-0.4, -0.2) is 5.11 Å². The number of hydrogen-bond acceptors (Lipinski definition) is 1. The van der Waals surface area contributed by atoms with Crippen molar-refractivity contribution in [1.29, 1.82) is 0 Å². The quantitative estimate of drug-likeness (QED) is 0.459. The van der Waals surface area contributed by atoms with Crippen LogP contribution in [0.5, 0.6) is 0 Å². The predicted octanol–water partition coefficient (Wildman–Crippen LogP) is 2.66. The molecule has 0 spiro atoms. The third-order valence-corrected chi connectivity index (χ3v) is 2.21. The number of allylic oxidation sites excluding steroid dienone is 2. The molecular formula is C9H14O. The minimum absolute atomic E-state index is 0.591. The standard InChI is InChI=1S/C9H14O/c1-2-8-3-4-9(7-8)5-6-10/h2,5-6,8-10H,1,3-4,7H2/b6-5-/t8-,9-/m0/s1. The summed E-state index contributed by atoms with van der Waals surface area (Å²) < 4.78 is 0. The maximum atomic E-state index is 8.48. The smallest absolute Gasteiger partial charge is 0.0754 e. The van der Waals surface area contributed by atoms with Gasteiger partial charge in [0.15, 0.2) is 0 Å². The van der Waals surface area contributed by atoms with Crippen LogP contribution in [0.4, 0.5) is 0 Å². The summed E-state index contributed by atoms with van der Waals surface area (Å²) in [6, 6.07) is 0. The van der Waals surface area contributed by atoms with Crippen LogP contribution < -0.4 is 0 Å². The topological polar surface area (TPSA) is 20.2 Å². The van der Waals surface area contributed by atoms with Gasteiger partial charge in [-0.3, -0.25) is 0 Å². The minimum Gasteiger partial charge on any atom is -0.516 e. The van der Waals surface area contributed by atoms with Crippen molar-refractivity contribution in [1.82, 2.24) is 0 Å². The van der Waals surface area contributed by atoms with Gasteiger partial charge in [0, 0.05) is 0 Å². The van der Waals surface area contributed by atoms with E-state index >= 15 is 0 Å². The maximum Gasteiger partial charge on any atom is 0.0754 e. The molecule has 1 aliphatic carbocycles. The molecule has 0 unspecified atom stereocenters. The lowest BCUT2D eigenvalue weighted by atomic mass is 10.1. The molecule has 56 valence electrons. The zero-order chi connectivity index (χ0) is 7.40. The van der Waals surface area contributed by atoms with Crippen molar-refractivity contribution in [2.75, 3.05) is 0 Å². The zero-order valence-corrected chi connectivity index (χ0v) is 6.16. The fourth-order valence-corrected chi connectivity index (χ4v) is 1.56. The first-order chi connectivity index (χ1) is 4.86. The van der Waals surface area contributed by atoms with E-state index in [4.69, 9.17) is 5.11 Å². The lowest BCUT2D eigenvalue weighted by Gasteiger charge is -2.00. The van der Waals surface area contributed by atoms with Crippen molar-refractivity contribution in [3.8, 4) is 0 Å². The Balaban J connectivity index is 2.35. The number of rotatable bonds is 2. The number of hydrogen-bond donors (Lipinski definition) is 1. The molecule has 1 nitrogen and oxygen atoms in total. The summed E-state index contributed by atoms with van der Waals surface area (Å²) in [7, 11) is 0. The van der Waals surface area contributed by atoms with E-state index in [9.17, 15) is 0 Å². The molecule has 0 saturated heterocycles. The van der Waals surface area contributed by atoms with Gasteiger partial charge in [-0.2, -0.15) is 0 Å². The molecule has 10 heavy (non-hydrogen) atoms. The normalized spacial score (nSPS) is 33.2. The molecule has 0 radical (unpaired) electrons. The molecule has 0 aromatic rings. The SMILES string of the molecule is C=C[C@H]1CC[C@@H](/C=C\O)C1. The third-order valence-electron chi connectivity index (χ3n) is 2.21. The zero-order valence-electron chi connectivity index (χ0n) is 6.16. The van der Waals surface area contributed by atoms with E-state index in [-0.39, 0.29) is 0 Å². The average Bonchev–Trinajstić information content (AvgIpc) is 2.37. The van der Waals surface area contributed by atoms with E-state index in [1.54, 1.807) is 0 Å². The van der Waals surface area contributed by atoms with Crippen molar-refractivity contribution in [3.63, 3.8) is 0 Å². The predicted molar refractivity (Wildman–Crippen MR) is 42.8 cm³/mol. The van der Waals surface area contributed by atoms with Crippen LogP contribution in [0.1, 0.15) is 19.3 Å². The van der Waals surface area contributed by atoms with Crippen LogP contribution in [0.15, 0.2) is 25.0 Å². The molecule has 1 rings (SSSR count). The van der Waals surface area contributed by atoms with Gasteiger partial charge in [-0.15, -0.1) is 6.58 Å². The van der Waals surface area contributed by atoms with Gasteiger partial charge in [-0.05, 0) is 37.2 Å². The number of aliphatic hydroxyl groups is 1. The molecule has 1 heteroatoms. The summed E-state index contributed by atoms with van der Waals surface area (Å²) in [5, 5.41) is 8.48. The molecule has 0 aromatic heterocycles. The summed E-state index contributed by atoms with van der Waals surface area (Å²) in [6.45, 7) is 3.75. The summed E-state index contributed by atoms with van der Waals surface area (Å²) in [5.41, 5.74) is 0. The Hall–Kier alpha value is -0.720. The molecule has 2 atom stereocenters. The van der Waals surface area contributed by atoms with Gasteiger partial charge in [-0.25, -0.2) is 0 Å². The Labute approximate surface area is 62.1 Å². The van der Waals surface area contributed by atoms with E-state index < -0.39 is 0 Å². The highest BCUT2D eigenvalue weighted by Crippen LogP contribution is 2.31. The van der Waals surface area contributed by atoms with Crippen LogP contribution in [0.2, 0.25) is 0 Å². The highest BCUT2D eigenvalue weighted by molar-refractivity contribution is 4.94. The van der Waals surface area contributed by atoms with E-state index in [1.807, 2.05) is 12.2 Å². The molecular weight excluding hydrogens is 124 g/mol. The van der Waals surface area contributed by atoms with Crippen LogP contribution in [0, 0.1) is 11.8 Å². The molecule has 1 aliphatic rings. The van der Waals surface area contributed by atoms with Gasteiger partial charge >= 0.3 is 0 Å². The van der Waals surface area contributed by atoms with E-state index in [2.05, 4.69) is 6.58 Å². The van der Waals surface area contributed by atoms with Gasteiger partial charge < -0.3 is 5.11 Å². The van der Waals surface area contributed by atoms with Gasteiger partial charge in [0.25, 0.3) is 0 Å². The monoisotopic (exact) mass is 138 g/mol. The first kappa shape index (κ1) is 7.39. The molecule has 0 aliphatic heterocycles. The van der Waals surface area contributed by atoms with Crippen molar-refractivity contribution in [2.45, 2.75) is 19.3 Å². The second-order valence-corrected chi connectivity index (χ2v) is 2.91. The first-order valence-electron chi connectivity index (χ1n) is 3.80. The fraction of sp³-hybridized carbons (Fsp3) is 0.556. The van der Waals surface area contributed by atoms with Crippen LogP contribution in [0.25, 0.3) is 0 Å². The largest absolute Gasteiger partial charge is 0.516 e. The number of aliphatic hydroxyl groups excluding tert-OH is 1. The van der Waals surface area contributed by atoms with Crippen molar-refractivity contribution in [3.05, 3.63) is 25.0 Å². The maximum absolute atomic E-state index is 8.48. The second-order valence-electron chi connectivity index (χ2n) is 2.91. The van der Waals surface area contributed by atoms with Crippen molar-refractivity contribution < 1.29 is 5.11 Å². The van der Waals surface area contributed by atoms with Crippen LogP contribution in [-0.2, 0) is 0 Å². The van der Waals surface area contributed by atoms with Crippen molar-refractivity contribution >= 4 is 0 Å². The summed E-state index contributed by atoms with van der Waals surface area (Å²) in [5.74, 6) is 1.27. The Morgan fingerprint density at radius 1 is 1.30 bits per heavy atom. The van der Waals surface area contributed by atoms with Gasteiger partial charge in [0.2, 0.25) is 0 Å². The third kappa shape index (κ3) is 1.63. The molecule has 0 heterocycles. The lowest BCUT2D eigenvalue weighted by Crippen LogP contribution is -1.89. The summed E-state index contributed by atoms with van der Waals surface area (Å²) >= 11 is 0. The summed E-state index contributed by atoms with van der Waals surface area (Å²) in [6.07, 6.45) is 8.66. The van der Waals surface area contributed by atoms with E-state index in [0.29, 0.717) is 11.8 Å². The average molecular weight is 138 g/mol. The van der Waals surface area contributed by atoms with Crippen molar-refractivity contribution in [2.24, 2.45) is 11.8 Å². The fourth-order valence-electron chi connectivity index (χ4n) is 1.56. The molecule has 1 fully saturated rings. The second kappa shape index (κ2) is 3.45. The van der Waals surface area contributed by atoms with E-state index in [1.165, 1.54) is 19.3 Å². The van der Waals surface area contributed by atoms with Gasteiger partial charge in [0.05, 0.1) is 6.26 Å². The Morgan fingerprint density at radius 2 is 2.00 bits per heavy atom. The lowest BCUT2D eigenvalue weighted by molar-refractivity contribution is 0.463. The van der Waals surface area contributed by atoms with E-state index in [0.717, 1.165) is 6.26 Å². The Kier molecular flexibility index (Phi) is 2.55. The van der Waals surface area contributed by atoms with Gasteiger partial charge in [0.1, 0.15) is 0 Å². The molecule has 0 aromatic carbocycles. The Bertz CT molecular complexity index is 138. The molecule has 1 saturated carbocycles. The Morgan fingerprint density at radius 3 is 2.50 bits per heavy atom. The molecule has 1 N–H and O–H groups in total. The highest BCUT2D eigenvalue weighted by atomic mass is 16.2. The molecule has 0 bridgehead atoms. The summed E-state index contributed by atoms with van der Waals surface area (Å²) in [4.78, 5) is 0. The van der Waals surface area contributed by atoms with Crippen LogP contribution >= 0.6 is 0 Å².